The van der Waals surface area contributed by atoms with Gasteiger partial charge in [0.25, 0.3) is 0 Å². The van der Waals surface area contributed by atoms with E-state index in [2.05, 4.69) is 0 Å². The van der Waals surface area contributed by atoms with Gasteiger partial charge in [-0.05, 0) is 6.07 Å². The number of carbonyl (C=O) groups is 1. The van der Waals surface area contributed by atoms with Gasteiger partial charge in [0.2, 0.25) is 5.91 Å². The van der Waals surface area contributed by atoms with Gasteiger partial charge < -0.3 is 15.8 Å². The van der Waals surface area contributed by atoms with Gasteiger partial charge >= 0.3 is 7.12 Å². The summed E-state index contributed by atoms with van der Waals surface area (Å²) < 4.78 is 0.318. The van der Waals surface area contributed by atoms with Crippen LogP contribution < -0.4 is 10.5 Å². The van der Waals surface area contributed by atoms with E-state index >= 15 is 0 Å². The molecule has 0 unspecified atom stereocenters. The number of carbonyl (C=O) groups excluding carboxylic acids is 1. The van der Waals surface area contributed by atoms with Crippen molar-refractivity contribution in [1.29, 1.82) is 0 Å². The number of thiophene rings is 1. The van der Waals surface area contributed by atoms with Crippen LogP contribution in [0.25, 0.3) is 0 Å². The molecular weight excluding hydrogens is 165 g/mol. The fourth-order valence-corrected chi connectivity index (χ4v) is 1.38. The molecule has 0 aliphatic rings. The van der Waals surface area contributed by atoms with Gasteiger partial charge in [0, 0.05) is 15.7 Å². The second-order valence-corrected chi connectivity index (χ2v) is 2.92. The highest BCUT2D eigenvalue weighted by Gasteiger charge is 2.14. The molecule has 1 amide bonds. The Kier molecular flexibility index (Phi) is 2.28. The molecule has 0 spiro atoms. The summed E-state index contributed by atoms with van der Waals surface area (Å²) >= 11 is 1.09. The maximum absolute atomic E-state index is 10.5. The highest BCUT2D eigenvalue weighted by Crippen LogP contribution is 2.02. The summed E-state index contributed by atoms with van der Waals surface area (Å²) in [5.74, 6) is -0.562. The molecule has 0 fully saturated rings. The van der Waals surface area contributed by atoms with Crippen LogP contribution >= 0.6 is 11.3 Å². The normalized spacial score (nSPS) is 9.64. The first-order valence-corrected chi connectivity index (χ1v) is 3.73. The fourth-order valence-electron chi connectivity index (χ4n) is 0.617. The van der Waals surface area contributed by atoms with Crippen molar-refractivity contribution in [3.05, 3.63) is 17.0 Å². The minimum Gasteiger partial charge on any atom is -0.423 e. The molecule has 0 saturated carbocycles. The van der Waals surface area contributed by atoms with E-state index in [0.717, 1.165) is 11.3 Å². The number of rotatable bonds is 2. The second kappa shape index (κ2) is 3.04. The van der Waals surface area contributed by atoms with Crippen molar-refractivity contribution < 1.29 is 14.8 Å². The lowest BCUT2D eigenvalue weighted by molar-refractivity contribution is 0.100. The van der Waals surface area contributed by atoms with Crippen LogP contribution in [-0.4, -0.2) is 23.1 Å². The third-order valence-corrected chi connectivity index (χ3v) is 2.13. The Morgan fingerprint density at radius 2 is 2.27 bits per heavy atom. The van der Waals surface area contributed by atoms with Crippen LogP contribution in [0.5, 0.6) is 0 Å². The monoisotopic (exact) mass is 171 g/mol. The SMILES string of the molecule is NC(=O)c1csc(B(O)O)c1. The number of hydrogen-bond acceptors (Lipinski definition) is 4. The van der Waals surface area contributed by atoms with E-state index in [0.29, 0.717) is 10.3 Å². The number of hydrogen-bond donors (Lipinski definition) is 3. The van der Waals surface area contributed by atoms with E-state index in [9.17, 15) is 4.79 Å². The third kappa shape index (κ3) is 1.80. The summed E-state index contributed by atoms with van der Waals surface area (Å²) in [7, 11) is -1.52. The van der Waals surface area contributed by atoms with Crippen LogP contribution in [-0.2, 0) is 0 Å². The molecule has 0 bridgehead atoms. The van der Waals surface area contributed by atoms with Crippen molar-refractivity contribution in [1.82, 2.24) is 0 Å². The molecule has 4 nitrogen and oxygen atoms in total. The van der Waals surface area contributed by atoms with Gasteiger partial charge in [-0.25, -0.2) is 0 Å². The summed E-state index contributed by atoms with van der Waals surface area (Å²) in [6.07, 6.45) is 0. The fraction of sp³-hybridized carbons (Fsp3) is 0. The third-order valence-electron chi connectivity index (χ3n) is 1.16. The molecule has 0 aliphatic carbocycles. The van der Waals surface area contributed by atoms with E-state index in [1.807, 2.05) is 0 Å². The van der Waals surface area contributed by atoms with Crippen LogP contribution in [0.15, 0.2) is 11.4 Å². The Bertz CT molecular complexity index is 272. The zero-order valence-corrected chi connectivity index (χ0v) is 6.34. The van der Waals surface area contributed by atoms with E-state index in [1.54, 1.807) is 0 Å². The van der Waals surface area contributed by atoms with Crippen molar-refractivity contribution in [2.24, 2.45) is 5.73 Å². The highest BCUT2D eigenvalue weighted by molar-refractivity contribution is 7.20. The molecular formula is C5H6BNO3S. The lowest BCUT2D eigenvalue weighted by Crippen LogP contribution is -2.26. The first-order chi connectivity index (χ1) is 5.11. The Labute approximate surface area is 67.4 Å². The van der Waals surface area contributed by atoms with Gasteiger partial charge in [0.05, 0.1) is 0 Å². The van der Waals surface area contributed by atoms with Crippen molar-refractivity contribution in [3.63, 3.8) is 0 Å². The average Bonchev–Trinajstić information content (AvgIpc) is 2.33. The predicted molar refractivity (Wildman–Crippen MR) is 42.7 cm³/mol. The molecule has 1 aromatic rings. The van der Waals surface area contributed by atoms with Crippen LogP contribution in [0, 0.1) is 0 Å². The molecule has 11 heavy (non-hydrogen) atoms. The Hall–Kier alpha value is -0.845. The van der Waals surface area contributed by atoms with Crippen molar-refractivity contribution >= 4 is 29.1 Å². The number of amides is 1. The van der Waals surface area contributed by atoms with Crippen LogP contribution in [0.3, 0.4) is 0 Å². The summed E-state index contributed by atoms with van der Waals surface area (Å²) in [6, 6.07) is 1.36. The van der Waals surface area contributed by atoms with Crippen molar-refractivity contribution in [2.45, 2.75) is 0 Å². The topological polar surface area (TPSA) is 83.6 Å². The molecule has 0 atom stereocenters. The Morgan fingerprint density at radius 1 is 1.64 bits per heavy atom. The molecule has 1 aromatic heterocycles. The summed E-state index contributed by atoms with van der Waals surface area (Å²) in [4.78, 5) is 10.5. The van der Waals surface area contributed by atoms with Gasteiger partial charge in [0.1, 0.15) is 0 Å². The smallest absolute Gasteiger partial charge is 0.423 e. The molecule has 58 valence electrons. The van der Waals surface area contributed by atoms with E-state index in [1.165, 1.54) is 11.4 Å². The van der Waals surface area contributed by atoms with E-state index in [4.69, 9.17) is 15.8 Å². The molecule has 0 saturated heterocycles. The minimum atomic E-state index is -1.52. The lowest BCUT2D eigenvalue weighted by atomic mass is 9.89. The molecule has 6 heteroatoms. The first-order valence-electron chi connectivity index (χ1n) is 2.85. The number of nitrogens with two attached hydrogens (primary N) is 1. The minimum absolute atomic E-state index is 0.304. The summed E-state index contributed by atoms with van der Waals surface area (Å²) in [5, 5.41) is 18.7. The lowest BCUT2D eigenvalue weighted by Gasteiger charge is -1.88. The zero-order chi connectivity index (χ0) is 8.43. The van der Waals surface area contributed by atoms with Crippen LogP contribution in [0.4, 0.5) is 0 Å². The molecule has 1 rings (SSSR count). The van der Waals surface area contributed by atoms with E-state index < -0.39 is 13.0 Å². The molecule has 1 heterocycles. The molecule has 0 aromatic carbocycles. The molecule has 0 aliphatic heterocycles. The maximum Gasteiger partial charge on any atom is 0.499 e. The molecule has 4 N–H and O–H groups in total. The summed E-state index contributed by atoms with van der Waals surface area (Å²) in [5.41, 5.74) is 5.24. The Balaban J connectivity index is 2.90. The zero-order valence-electron chi connectivity index (χ0n) is 5.52. The molecule has 0 radical (unpaired) electrons. The Morgan fingerprint density at radius 3 is 2.55 bits per heavy atom. The maximum atomic E-state index is 10.5. The van der Waals surface area contributed by atoms with Gasteiger partial charge in [0.15, 0.2) is 0 Å². The summed E-state index contributed by atoms with van der Waals surface area (Å²) in [6.45, 7) is 0. The highest BCUT2D eigenvalue weighted by atomic mass is 32.1. The standard InChI is InChI=1S/C5H6BNO3S/c7-5(8)3-1-4(6(9)10)11-2-3/h1-2,9-10H,(H2,7,8). The number of primary amides is 1. The van der Waals surface area contributed by atoms with Crippen LogP contribution in [0.1, 0.15) is 10.4 Å². The van der Waals surface area contributed by atoms with Crippen molar-refractivity contribution in [2.75, 3.05) is 0 Å². The van der Waals surface area contributed by atoms with E-state index in [-0.39, 0.29) is 0 Å². The predicted octanol–water partition coefficient (Wildman–Crippen LogP) is -1.47. The van der Waals surface area contributed by atoms with Crippen LogP contribution in [0.2, 0.25) is 0 Å². The van der Waals surface area contributed by atoms with Crippen molar-refractivity contribution in [3.8, 4) is 0 Å². The van der Waals surface area contributed by atoms with Gasteiger partial charge in [-0.15, -0.1) is 0 Å². The quantitative estimate of drug-likeness (QED) is 0.475. The largest absolute Gasteiger partial charge is 0.499 e. The average molecular weight is 171 g/mol. The van der Waals surface area contributed by atoms with Gasteiger partial charge in [-0.3, -0.25) is 4.79 Å². The van der Waals surface area contributed by atoms with Gasteiger partial charge in [-0.2, -0.15) is 11.3 Å². The van der Waals surface area contributed by atoms with Gasteiger partial charge in [-0.1, -0.05) is 0 Å². The second-order valence-electron chi connectivity index (χ2n) is 1.98. The first kappa shape index (κ1) is 8.25.